The molecule has 0 bridgehead atoms. The van der Waals surface area contributed by atoms with Gasteiger partial charge in [-0.05, 0) is 6.42 Å². The highest BCUT2D eigenvalue weighted by Crippen LogP contribution is 2.10. The predicted octanol–water partition coefficient (Wildman–Crippen LogP) is 0.340. The van der Waals surface area contributed by atoms with Gasteiger partial charge >= 0.3 is 0 Å². The highest BCUT2D eigenvalue weighted by Gasteiger charge is 2.15. The summed E-state index contributed by atoms with van der Waals surface area (Å²) in [5.41, 5.74) is 2.13. The third kappa shape index (κ3) is 2.11. The Balaban J connectivity index is 1.86. The van der Waals surface area contributed by atoms with Crippen LogP contribution in [0.1, 0.15) is 28.7 Å². The fourth-order valence-corrected chi connectivity index (χ4v) is 2.01. The van der Waals surface area contributed by atoms with Crippen molar-refractivity contribution in [2.24, 2.45) is 0 Å². The minimum atomic E-state index is -0.193. The van der Waals surface area contributed by atoms with Crippen LogP contribution in [0.25, 0.3) is 5.78 Å². The van der Waals surface area contributed by atoms with E-state index in [4.69, 9.17) is 0 Å². The summed E-state index contributed by atoms with van der Waals surface area (Å²) in [6.45, 7) is 2.35. The van der Waals surface area contributed by atoms with Crippen LogP contribution in [-0.2, 0) is 13.0 Å². The fourth-order valence-electron chi connectivity index (χ4n) is 2.01. The molecule has 20 heavy (non-hydrogen) atoms. The number of nitrogens with one attached hydrogen (secondary N) is 2. The van der Waals surface area contributed by atoms with Crippen molar-refractivity contribution in [3.05, 3.63) is 42.0 Å². The average molecular weight is 271 g/mol. The zero-order valence-electron chi connectivity index (χ0n) is 10.9. The van der Waals surface area contributed by atoms with Gasteiger partial charge in [-0.3, -0.25) is 4.79 Å². The largest absolute Gasteiger partial charge is 0.347 e. The number of carbonyl (C=O) groups excluding carboxylic acids is 1. The number of fused-ring (bicyclic) bond motifs is 1. The van der Waals surface area contributed by atoms with Crippen molar-refractivity contribution in [1.29, 1.82) is 0 Å². The molecule has 0 aliphatic rings. The SMILES string of the molecule is CCc1c(C(=O)NCc2cnc[nH]2)cnc2ncnn12. The summed E-state index contributed by atoms with van der Waals surface area (Å²) in [7, 11) is 0. The summed E-state index contributed by atoms with van der Waals surface area (Å²) >= 11 is 0. The number of nitrogens with zero attached hydrogens (tertiary/aromatic N) is 5. The summed E-state index contributed by atoms with van der Waals surface area (Å²) in [5.74, 6) is 0.299. The van der Waals surface area contributed by atoms with E-state index in [0.717, 1.165) is 11.4 Å². The van der Waals surface area contributed by atoms with E-state index in [9.17, 15) is 4.79 Å². The molecule has 0 fully saturated rings. The normalized spacial score (nSPS) is 10.8. The number of rotatable bonds is 4. The van der Waals surface area contributed by atoms with Gasteiger partial charge in [-0.2, -0.15) is 10.1 Å². The van der Waals surface area contributed by atoms with E-state index in [2.05, 4.69) is 30.4 Å². The molecule has 0 saturated carbocycles. The van der Waals surface area contributed by atoms with Crippen LogP contribution >= 0.6 is 0 Å². The maximum absolute atomic E-state index is 12.2. The van der Waals surface area contributed by atoms with Gasteiger partial charge in [0.05, 0.1) is 29.8 Å². The fraction of sp³-hybridized carbons (Fsp3) is 0.250. The number of hydrogen-bond donors (Lipinski definition) is 2. The second-order valence-electron chi connectivity index (χ2n) is 4.20. The van der Waals surface area contributed by atoms with Crippen LogP contribution in [0.3, 0.4) is 0 Å². The Labute approximate surface area is 114 Å². The highest BCUT2D eigenvalue weighted by molar-refractivity contribution is 5.95. The Hall–Kier alpha value is -2.77. The van der Waals surface area contributed by atoms with Gasteiger partial charge in [-0.25, -0.2) is 14.5 Å². The Morgan fingerprint density at radius 3 is 3.05 bits per heavy atom. The smallest absolute Gasteiger partial charge is 0.255 e. The molecule has 0 aliphatic heterocycles. The molecule has 0 aromatic carbocycles. The molecule has 2 N–H and O–H groups in total. The maximum Gasteiger partial charge on any atom is 0.255 e. The summed E-state index contributed by atoms with van der Waals surface area (Å²) in [4.78, 5) is 27.2. The molecule has 3 heterocycles. The van der Waals surface area contributed by atoms with Crippen molar-refractivity contribution in [1.82, 2.24) is 34.9 Å². The molecule has 0 unspecified atom stereocenters. The van der Waals surface area contributed by atoms with E-state index >= 15 is 0 Å². The van der Waals surface area contributed by atoms with E-state index < -0.39 is 0 Å². The van der Waals surface area contributed by atoms with Gasteiger partial charge < -0.3 is 10.3 Å². The van der Waals surface area contributed by atoms with Crippen LogP contribution in [-0.4, -0.2) is 35.5 Å². The van der Waals surface area contributed by atoms with Crippen molar-refractivity contribution in [2.75, 3.05) is 0 Å². The minimum Gasteiger partial charge on any atom is -0.347 e. The predicted molar refractivity (Wildman–Crippen MR) is 69.9 cm³/mol. The molecule has 0 saturated heterocycles. The van der Waals surface area contributed by atoms with Crippen LogP contribution < -0.4 is 5.32 Å². The summed E-state index contributed by atoms with van der Waals surface area (Å²) in [5, 5.41) is 6.91. The van der Waals surface area contributed by atoms with Gasteiger partial charge in [-0.1, -0.05) is 6.92 Å². The van der Waals surface area contributed by atoms with Crippen LogP contribution in [0, 0.1) is 0 Å². The molecule has 8 heteroatoms. The van der Waals surface area contributed by atoms with Crippen molar-refractivity contribution < 1.29 is 4.79 Å². The molecule has 0 spiro atoms. The molecule has 3 aromatic rings. The topological polar surface area (TPSA) is 101 Å². The number of hydrogen-bond acceptors (Lipinski definition) is 5. The molecular formula is C12H13N7O. The molecule has 1 amide bonds. The van der Waals surface area contributed by atoms with Crippen molar-refractivity contribution in [2.45, 2.75) is 19.9 Å². The molecule has 102 valence electrons. The lowest BCUT2D eigenvalue weighted by Crippen LogP contribution is -2.25. The zero-order valence-corrected chi connectivity index (χ0v) is 10.9. The monoisotopic (exact) mass is 271 g/mol. The van der Waals surface area contributed by atoms with Crippen molar-refractivity contribution in [3.8, 4) is 0 Å². The Kier molecular flexibility index (Phi) is 3.12. The van der Waals surface area contributed by atoms with E-state index in [0.29, 0.717) is 24.3 Å². The molecule has 3 aromatic heterocycles. The number of aromatic nitrogens is 6. The summed E-state index contributed by atoms with van der Waals surface area (Å²) < 4.78 is 1.59. The van der Waals surface area contributed by atoms with Gasteiger partial charge in [0.1, 0.15) is 6.33 Å². The lowest BCUT2D eigenvalue weighted by atomic mass is 10.2. The lowest BCUT2D eigenvalue weighted by Gasteiger charge is -2.09. The quantitative estimate of drug-likeness (QED) is 0.712. The van der Waals surface area contributed by atoms with Crippen LogP contribution in [0.5, 0.6) is 0 Å². The minimum absolute atomic E-state index is 0.193. The first-order chi connectivity index (χ1) is 9.79. The summed E-state index contributed by atoms with van der Waals surface area (Å²) in [6.07, 6.45) is 6.86. The van der Waals surface area contributed by atoms with Crippen molar-refractivity contribution >= 4 is 11.7 Å². The van der Waals surface area contributed by atoms with Crippen LogP contribution in [0.15, 0.2) is 25.0 Å². The molecule has 0 aliphatic carbocycles. The third-order valence-electron chi connectivity index (χ3n) is 2.98. The Morgan fingerprint density at radius 2 is 2.30 bits per heavy atom. The number of H-pyrrole nitrogens is 1. The van der Waals surface area contributed by atoms with Crippen molar-refractivity contribution in [3.63, 3.8) is 0 Å². The van der Waals surface area contributed by atoms with Gasteiger partial charge in [-0.15, -0.1) is 0 Å². The van der Waals surface area contributed by atoms with Gasteiger partial charge in [0.15, 0.2) is 0 Å². The second kappa shape index (κ2) is 5.08. The molecule has 8 nitrogen and oxygen atoms in total. The first-order valence-electron chi connectivity index (χ1n) is 6.22. The van der Waals surface area contributed by atoms with Crippen LogP contribution in [0.4, 0.5) is 0 Å². The number of carbonyl (C=O) groups is 1. The van der Waals surface area contributed by atoms with Gasteiger partial charge in [0, 0.05) is 12.4 Å². The molecule has 0 radical (unpaired) electrons. The Morgan fingerprint density at radius 1 is 1.40 bits per heavy atom. The van der Waals surface area contributed by atoms with Gasteiger partial charge in [0.25, 0.3) is 11.7 Å². The van der Waals surface area contributed by atoms with E-state index in [-0.39, 0.29) is 5.91 Å². The zero-order chi connectivity index (χ0) is 13.9. The molecular weight excluding hydrogens is 258 g/mol. The Bertz CT molecular complexity index is 731. The van der Waals surface area contributed by atoms with E-state index in [1.807, 2.05) is 6.92 Å². The molecule has 3 rings (SSSR count). The highest BCUT2D eigenvalue weighted by atomic mass is 16.1. The third-order valence-corrected chi connectivity index (χ3v) is 2.98. The average Bonchev–Trinajstić information content (AvgIpc) is 3.14. The lowest BCUT2D eigenvalue weighted by molar-refractivity contribution is 0.0948. The number of aryl methyl sites for hydroxylation is 1. The first-order valence-corrected chi connectivity index (χ1v) is 6.22. The van der Waals surface area contributed by atoms with E-state index in [1.54, 1.807) is 17.0 Å². The first kappa shape index (κ1) is 12.3. The number of imidazole rings is 1. The van der Waals surface area contributed by atoms with E-state index in [1.165, 1.54) is 12.5 Å². The second-order valence-corrected chi connectivity index (χ2v) is 4.20. The van der Waals surface area contributed by atoms with Gasteiger partial charge in [0.2, 0.25) is 0 Å². The maximum atomic E-state index is 12.2. The molecule has 0 atom stereocenters. The number of amides is 1. The standard InChI is InChI=1S/C12H13N7O/c1-2-10-9(5-15-12-17-7-18-19(10)12)11(20)14-4-8-3-13-6-16-8/h3,5-7H,2,4H2,1H3,(H,13,16)(H,14,20). The van der Waals surface area contributed by atoms with Crippen LogP contribution in [0.2, 0.25) is 0 Å². The number of aromatic amines is 1. The summed E-state index contributed by atoms with van der Waals surface area (Å²) in [6, 6.07) is 0.